The van der Waals surface area contributed by atoms with E-state index in [1.807, 2.05) is 25.1 Å². The second kappa shape index (κ2) is 6.25. The number of hydrogen-bond acceptors (Lipinski definition) is 3. The predicted octanol–water partition coefficient (Wildman–Crippen LogP) is 1.15. The minimum atomic E-state index is -0.475. The summed E-state index contributed by atoms with van der Waals surface area (Å²) in [6.07, 6.45) is 0. The maximum atomic E-state index is 11.2. The van der Waals surface area contributed by atoms with Gasteiger partial charge in [-0.25, -0.2) is 0 Å². The molecule has 0 bridgehead atoms. The van der Waals surface area contributed by atoms with Gasteiger partial charge in [0.15, 0.2) is 0 Å². The fourth-order valence-electron chi connectivity index (χ4n) is 1.31. The Morgan fingerprint density at radius 3 is 2.71 bits per heavy atom. The lowest BCUT2D eigenvalue weighted by Crippen LogP contribution is -2.40. The maximum Gasteiger partial charge on any atom is 0.236 e. The van der Waals surface area contributed by atoms with E-state index in [0.29, 0.717) is 13.2 Å². The van der Waals surface area contributed by atoms with Gasteiger partial charge in [-0.1, -0.05) is 6.07 Å². The van der Waals surface area contributed by atoms with Gasteiger partial charge in [-0.15, -0.1) is 0 Å². The smallest absolute Gasteiger partial charge is 0.236 e. The van der Waals surface area contributed by atoms with E-state index in [0.717, 1.165) is 5.75 Å². The van der Waals surface area contributed by atoms with Crippen LogP contribution < -0.4 is 15.8 Å². The number of carbonyl (C=O) groups excluding carboxylic acids is 1. The third kappa shape index (κ3) is 4.44. The highest BCUT2D eigenvalue weighted by Crippen LogP contribution is 2.15. The third-order valence-corrected chi connectivity index (χ3v) is 2.56. The first-order valence-electron chi connectivity index (χ1n) is 5.74. The molecule has 1 rings (SSSR count). The van der Waals surface area contributed by atoms with Gasteiger partial charge < -0.3 is 15.8 Å². The summed E-state index contributed by atoms with van der Waals surface area (Å²) >= 11 is 0. The zero-order valence-electron chi connectivity index (χ0n) is 10.6. The van der Waals surface area contributed by atoms with Crippen LogP contribution in [0.4, 0.5) is 0 Å². The molecular formula is C13H20N2O2. The van der Waals surface area contributed by atoms with Crippen molar-refractivity contribution in [2.24, 2.45) is 5.73 Å². The SMILES string of the molecule is Cc1ccc(OCCNC(=O)C(C)N)cc1C. The number of amides is 1. The van der Waals surface area contributed by atoms with Gasteiger partial charge in [0.05, 0.1) is 12.6 Å². The zero-order chi connectivity index (χ0) is 12.8. The first-order chi connectivity index (χ1) is 8.00. The Balaban J connectivity index is 2.31. The summed E-state index contributed by atoms with van der Waals surface area (Å²) in [5.74, 6) is 0.664. The van der Waals surface area contributed by atoms with Gasteiger partial charge in [0.25, 0.3) is 0 Å². The lowest BCUT2D eigenvalue weighted by molar-refractivity contribution is -0.122. The average molecular weight is 236 g/mol. The Hall–Kier alpha value is -1.55. The number of benzene rings is 1. The van der Waals surface area contributed by atoms with Crippen molar-refractivity contribution in [3.05, 3.63) is 29.3 Å². The Morgan fingerprint density at radius 1 is 1.41 bits per heavy atom. The first-order valence-corrected chi connectivity index (χ1v) is 5.74. The quantitative estimate of drug-likeness (QED) is 0.754. The molecule has 4 heteroatoms. The second-order valence-corrected chi connectivity index (χ2v) is 4.17. The van der Waals surface area contributed by atoms with E-state index in [9.17, 15) is 4.79 Å². The summed E-state index contributed by atoms with van der Waals surface area (Å²) in [4.78, 5) is 11.2. The van der Waals surface area contributed by atoms with Crippen LogP contribution in [0.15, 0.2) is 18.2 Å². The van der Waals surface area contributed by atoms with Crippen LogP contribution in [0.3, 0.4) is 0 Å². The summed E-state index contributed by atoms with van der Waals surface area (Å²) in [7, 11) is 0. The van der Waals surface area contributed by atoms with E-state index in [1.54, 1.807) is 6.92 Å². The van der Waals surface area contributed by atoms with Crippen molar-refractivity contribution < 1.29 is 9.53 Å². The van der Waals surface area contributed by atoms with E-state index < -0.39 is 6.04 Å². The first kappa shape index (κ1) is 13.5. The third-order valence-electron chi connectivity index (χ3n) is 2.56. The molecule has 1 aromatic rings. The lowest BCUT2D eigenvalue weighted by Gasteiger charge is -2.10. The number of carbonyl (C=O) groups is 1. The minimum Gasteiger partial charge on any atom is -0.492 e. The van der Waals surface area contributed by atoms with Crippen LogP contribution in [-0.4, -0.2) is 25.1 Å². The Labute approximate surface area is 102 Å². The zero-order valence-corrected chi connectivity index (χ0v) is 10.6. The van der Waals surface area contributed by atoms with Crippen LogP contribution in [0.25, 0.3) is 0 Å². The van der Waals surface area contributed by atoms with E-state index in [1.165, 1.54) is 11.1 Å². The van der Waals surface area contributed by atoms with Crippen LogP contribution >= 0.6 is 0 Å². The predicted molar refractivity (Wildman–Crippen MR) is 68.1 cm³/mol. The molecule has 17 heavy (non-hydrogen) atoms. The summed E-state index contributed by atoms with van der Waals surface area (Å²) in [6.45, 7) is 6.66. The molecule has 94 valence electrons. The summed E-state index contributed by atoms with van der Waals surface area (Å²) in [5, 5.41) is 2.69. The Kier molecular flexibility index (Phi) is 4.97. The summed E-state index contributed by atoms with van der Waals surface area (Å²) in [5.41, 5.74) is 7.85. The monoisotopic (exact) mass is 236 g/mol. The number of hydrogen-bond donors (Lipinski definition) is 2. The average Bonchev–Trinajstić information content (AvgIpc) is 2.28. The molecule has 0 aliphatic heterocycles. The standard InChI is InChI=1S/C13H20N2O2/c1-9-4-5-12(8-10(9)2)17-7-6-15-13(16)11(3)14/h4-5,8,11H,6-7,14H2,1-3H3,(H,15,16). The van der Waals surface area contributed by atoms with Crippen molar-refractivity contribution in [1.29, 1.82) is 0 Å². The molecule has 0 aromatic heterocycles. The number of ether oxygens (including phenoxy) is 1. The van der Waals surface area contributed by atoms with E-state index in [4.69, 9.17) is 10.5 Å². The molecule has 1 aromatic carbocycles. The molecule has 1 amide bonds. The lowest BCUT2D eigenvalue weighted by atomic mass is 10.1. The van der Waals surface area contributed by atoms with Crippen LogP contribution in [-0.2, 0) is 4.79 Å². The van der Waals surface area contributed by atoms with Crippen LogP contribution in [0, 0.1) is 13.8 Å². The molecule has 0 heterocycles. The van der Waals surface area contributed by atoms with Crippen molar-refractivity contribution in [2.75, 3.05) is 13.2 Å². The largest absolute Gasteiger partial charge is 0.492 e. The number of rotatable bonds is 5. The van der Waals surface area contributed by atoms with Crippen molar-refractivity contribution in [3.63, 3.8) is 0 Å². The van der Waals surface area contributed by atoms with Gasteiger partial charge in [-0.05, 0) is 44.0 Å². The van der Waals surface area contributed by atoms with E-state index in [-0.39, 0.29) is 5.91 Å². The molecule has 0 radical (unpaired) electrons. The summed E-state index contributed by atoms with van der Waals surface area (Å²) < 4.78 is 5.52. The molecule has 0 spiro atoms. The van der Waals surface area contributed by atoms with Crippen molar-refractivity contribution >= 4 is 5.91 Å². The highest BCUT2D eigenvalue weighted by Gasteiger charge is 2.05. The number of nitrogens with two attached hydrogens (primary N) is 1. The molecule has 0 aliphatic rings. The van der Waals surface area contributed by atoms with Gasteiger partial charge >= 0.3 is 0 Å². The van der Waals surface area contributed by atoms with Gasteiger partial charge in [0.1, 0.15) is 12.4 Å². The molecule has 0 fully saturated rings. The molecule has 1 atom stereocenters. The normalized spacial score (nSPS) is 12.0. The number of nitrogens with one attached hydrogen (secondary N) is 1. The fourth-order valence-corrected chi connectivity index (χ4v) is 1.31. The van der Waals surface area contributed by atoms with Crippen molar-refractivity contribution in [2.45, 2.75) is 26.8 Å². The molecule has 3 N–H and O–H groups in total. The highest BCUT2D eigenvalue weighted by molar-refractivity contribution is 5.80. The molecule has 0 saturated carbocycles. The van der Waals surface area contributed by atoms with Gasteiger partial charge in [-0.3, -0.25) is 4.79 Å². The second-order valence-electron chi connectivity index (χ2n) is 4.17. The van der Waals surface area contributed by atoms with Crippen LogP contribution in [0.5, 0.6) is 5.75 Å². The number of aryl methyl sites for hydroxylation is 2. The molecular weight excluding hydrogens is 216 g/mol. The minimum absolute atomic E-state index is 0.159. The highest BCUT2D eigenvalue weighted by atomic mass is 16.5. The Morgan fingerprint density at radius 2 is 2.12 bits per heavy atom. The van der Waals surface area contributed by atoms with Crippen LogP contribution in [0.1, 0.15) is 18.1 Å². The molecule has 0 saturated heterocycles. The molecule has 0 aliphatic carbocycles. The van der Waals surface area contributed by atoms with Gasteiger partial charge in [0.2, 0.25) is 5.91 Å². The topological polar surface area (TPSA) is 64.3 Å². The van der Waals surface area contributed by atoms with Crippen LogP contribution in [0.2, 0.25) is 0 Å². The summed E-state index contributed by atoms with van der Waals surface area (Å²) in [6, 6.07) is 5.46. The fraction of sp³-hybridized carbons (Fsp3) is 0.462. The van der Waals surface area contributed by atoms with Crippen molar-refractivity contribution in [1.82, 2.24) is 5.32 Å². The maximum absolute atomic E-state index is 11.2. The van der Waals surface area contributed by atoms with E-state index >= 15 is 0 Å². The van der Waals surface area contributed by atoms with Crippen molar-refractivity contribution in [3.8, 4) is 5.75 Å². The van der Waals surface area contributed by atoms with Gasteiger partial charge in [0, 0.05) is 0 Å². The molecule has 4 nitrogen and oxygen atoms in total. The molecule has 1 unspecified atom stereocenters. The van der Waals surface area contributed by atoms with E-state index in [2.05, 4.69) is 12.2 Å². The van der Waals surface area contributed by atoms with Gasteiger partial charge in [-0.2, -0.15) is 0 Å². The Bertz CT molecular complexity index is 389.